The molecule has 45 heteroatoms. The highest BCUT2D eigenvalue weighted by molar-refractivity contribution is 6.59. The lowest BCUT2D eigenvalue weighted by atomic mass is 9.64. The number of anilines is 1. The molecule has 17 aliphatic rings. The van der Waals surface area contributed by atoms with Crippen molar-refractivity contribution < 1.29 is 137 Å². The molecule has 16 aliphatic heterocycles. The Morgan fingerprint density at radius 2 is 0.628 bits per heavy atom. The van der Waals surface area contributed by atoms with E-state index in [1.54, 1.807) is 48.5 Å². The van der Waals surface area contributed by atoms with Crippen LogP contribution in [0.5, 0.6) is 86.2 Å². The van der Waals surface area contributed by atoms with Crippen molar-refractivity contribution in [3.8, 4) is 86.2 Å². The van der Waals surface area contributed by atoms with Gasteiger partial charge in [0.25, 0.3) is 46.7 Å². The number of aliphatic hydroxyl groups excluding tert-OH is 2. The van der Waals surface area contributed by atoms with Crippen LogP contribution < -0.4 is 81.2 Å². The molecule has 2 radical (unpaired) electrons. The number of rotatable bonds is 8. The lowest BCUT2D eigenvalue weighted by Crippen LogP contribution is -2.71. The first-order valence-corrected chi connectivity index (χ1v) is 46.9. The van der Waals surface area contributed by atoms with Crippen molar-refractivity contribution in [3.63, 3.8) is 0 Å². The highest BCUT2D eigenvalue weighted by Gasteiger charge is 2.74. The Morgan fingerprint density at radius 1 is 0.338 bits per heavy atom. The summed E-state index contributed by atoms with van der Waals surface area (Å²) in [6.07, 6.45) is 3.01. The summed E-state index contributed by atoms with van der Waals surface area (Å²) in [6.45, 7) is 15.2. The van der Waals surface area contributed by atoms with Crippen LogP contribution in [0.4, 0.5) is 29.0 Å². The summed E-state index contributed by atoms with van der Waals surface area (Å²) in [4.78, 5) is 42.8. The number of aliphatic hydroxyl groups is 2. The van der Waals surface area contributed by atoms with Gasteiger partial charge < -0.3 is 124 Å². The van der Waals surface area contributed by atoms with E-state index < -0.39 is 66.5 Å². The number of nitrogens with two attached hydrogens (primary N) is 1. The Kier molecular flexibility index (Phi) is 16.6. The number of aromatic hydroxyl groups is 6. The number of hydrogen-bond acceptors (Lipinski definition) is 33. The van der Waals surface area contributed by atoms with Crippen LogP contribution in [-0.4, -0.2) is 212 Å². The van der Waals surface area contributed by atoms with E-state index >= 15 is 0 Å². The number of ether oxygens (including phenoxy) is 8. The van der Waals surface area contributed by atoms with Gasteiger partial charge in [0.15, 0.2) is 92.0 Å². The van der Waals surface area contributed by atoms with Crippen LogP contribution in [0.25, 0.3) is 43.1 Å². The van der Waals surface area contributed by atoms with Crippen molar-refractivity contribution in [1.82, 2.24) is 18.3 Å². The molecule has 2 spiro atoms. The summed E-state index contributed by atoms with van der Waals surface area (Å²) in [7, 11) is -2.60. The minimum Gasteiger partial charge on any atom is -0.537 e. The summed E-state index contributed by atoms with van der Waals surface area (Å²) in [5.41, 5.74) is 16.1. The molecule has 3 unspecified atom stereocenters. The summed E-state index contributed by atoms with van der Waals surface area (Å²) >= 11 is 0. The largest absolute Gasteiger partial charge is 0.569 e. The molecule has 11 aromatic carbocycles. The quantitative estimate of drug-likeness (QED) is 0.0279. The first-order chi connectivity index (χ1) is 70.9. The monoisotopic (exact) mass is 1980 g/mol. The topological polar surface area (TPSA) is 543 Å². The van der Waals surface area contributed by atoms with Gasteiger partial charge in [0, 0.05) is 61.1 Å². The predicted octanol–water partition coefficient (Wildman–Crippen LogP) is 5.83. The number of phenolic OH excluding ortho intramolecular Hbond substituents is 6. The Bertz CT molecular complexity index is 9310. The van der Waals surface area contributed by atoms with Crippen LogP contribution in [0.2, 0.25) is 0 Å². The number of hydrogen-bond donors (Lipinski definition) is 16. The Labute approximate surface area is 832 Å². The third-order valence-electron chi connectivity index (χ3n) is 29.5. The van der Waals surface area contributed by atoms with Gasteiger partial charge in [-0.05, 0) is 155 Å². The van der Waals surface area contributed by atoms with E-state index in [1.165, 1.54) is 48.6 Å². The second-order valence-corrected chi connectivity index (χ2v) is 39.9. The molecule has 0 fully saturated rings. The molecule has 0 bridgehead atoms. The second kappa shape index (κ2) is 28.4. The zero-order chi connectivity index (χ0) is 102. The molecule has 20 heterocycles. The van der Waals surface area contributed by atoms with E-state index in [1.807, 2.05) is 171 Å². The SMILES string of the molecule is CC1(C)Oc2cc3c(cc2O1)C1=[N+]2C3=Nc3c4cc5c(cc4c4n3C23n2c(c6cc7c(cc6c2=NC2=[N+]3C(=N4)c3cc4c(cc32)OC(C)(C)O4)OC(C)(C)O7)=N1)OC(C)(C)O5.Nc1ccc(C(c2ccc(O[B]O)cc2)(c2ccc(B(O)O)cc2)c2ccc(B(O)O)cc2)cc1.OC1=CC2C3=Nc4c5cc(O)c(O)cc5c5n4C46n7c(c8cc(O)c(O)cc8c7=NC(=[N+]34)C2C=C1O)=NC1=[N+]6C(=N5)c2cc(O)c(O)cc21.O[B]O. The Morgan fingerprint density at radius 3 is 1.01 bits per heavy atom. The fraction of sp³-hybridized carbons (Fsp3) is 0.165. The maximum absolute atomic E-state index is 10.7. The number of phenols is 6. The van der Waals surface area contributed by atoms with E-state index in [2.05, 4.69) is 18.3 Å². The fourth-order valence-electron chi connectivity index (χ4n) is 23.9. The highest BCUT2D eigenvalue weighted by Crippen LogP contribution is 2.61. The van der Waals surface area contributed by atoms with E-state index in [0.717, 1.165) is 66.1 Å². The van der Waals surface area contributed by atoms with Crippen LogP contribution >= 0.6 is 0 Å². The van der Waals surface area contributed by atoms with Crippen molar-refractivity contribution in [2.75, 3.05) is 5.73 Å². The fourth-order valence-corrected chi connectivity index (χ4v) is 23.9. The molecule has 17 N–H and O–H groups in total. The van der Waals surface area contributed by atoms with Crippen LogP contribution in [0.1, 0.15) is 111 Å². The number of aliphatic imine (C=N–C) groups is 4. The third kappa shape index (κ3) is 11.0. The molecule has 3 atom stereocenters. The Balaban J connectivity index is 0.000000107. The normalized spacial score (nSPS) is 20.0. The first kappa shape index (κ1) is 86.7. The van der Waals surface area contributed by atoms with Gasteiger partial charge in [0.05, 0.1) is 99.5 Å². The zero-order valence-corrected chi connectivity index (χ0v) is 78.6. The molecule has 4 aromatic heterocycles. The van der Waals surface area contributed by atoms with Crippen LogP contribution in [0, 0.1) is 11.8 Å². The van der Waals surface area contributed by atoms with Gasteiger partial charge in [-0.2, -0.15) is 22.8 Å². The molecule has 0 saturated carbocycles. The molecule has 15 aromatic rings. The lowest BCUT2D eigenvalue weighted by molar-refractivity contribution is -0.791. The zero-order valence-electron chi connectivity index (χ0n) is 78.6. The minimum atomic E-state index is -1.61. The lowest BCUT2D eigenvalue weighted by Gasteiger charge is -2.40. The standard InChI is InChI=1S/C45H32N8O8.C33H16N8O8.C25H23B3NO6.BH2O2/c1-41(2)54-25-9-17-18(10-26(25)55-41)34-47-36-20-12-28-30(59-43(5,6)57-28)14-22(20)38-49-40-24-16-32-31(60-44(7,8)61-32)15-23(24)39-48-37-21-13-29-27(56-42(3,4)58-29)11-19(21)35-46-33(17)50(34)45(51(35)37,52(36)38)53(39)40;42-17-1-9-10(2-18(17)43)26-35-28-13-5-21(46)22(47)6-14(13)30-37-32-16-8-24(49)23(48)7-15(16)31-36-29-12-4-20(45)19(44)3-11(12)27-34-25(9)38(26)33(39(27)29,40(28)30)41(31)32;29-23-13-5-19(6-14-23)25(17-1-9-21(10-2-17)27(31)32,18-3-11-22(12-4-18)28(33)34)20-7-15-24(16-8-20)35-26-30;2-1-3/h9-16H,1-8H3;1-10H,(H6,42,43,44,45,46,47,48,49);1-16,30-34H,29H2;2-3H/q+2;;;/p+2. The van der Waals surface area contributed by atoms with Crippen LogP contribution in [-0.2, 0) is 17.2 Å². The second-order valence-electron chi connectivity index (χ2n) is 39.9. The summed E-state index contributed by atoms with van der Waals surface area (Å²) in [5.74, 6) is 1.24. The maximum atomic E-state index is 10.7. The summed E-state index contributed by atoms with van der Waals surface area (Å²) in [5, 5.41) is 152. The number of amidine groups is 8. The van der Waals surface area contributed by atoms with Gasteiger partial charge in [-0.25, -0.2) is 0 Å². The van der Waals surface area contributed by atoms with Gasteiger partial charge in [-0.15, -0.1) is 13.7 Å². The Hall–Kier alpha value is -18.0. The predicted molar refractivity (Wildman–Crippen MR) is 530 cm³/mol. The molecule has 724 valence electrons. The average molecular weight is 1980 g/mol. The summed E-state index contributed by atoms with van der Waals surface area (Å²) in [6, 6.07) is 53.1. The molecule has 148 heavy (non-hydrogen) atoms. The first-order valence-electron chi connectivity index (χ1n) is 46.9. The van der Waals surface area contributed by atoms with Gasteiger partial charge in [-0.3, -0.25) is 0 Å². The third-order valence-corrected chi connectivity index (χ3v) is 29.5. The number of nitrogen functional groups attached to an aromatic ring is 1. The molecule has 32 rings (SSSR count). The smallest absolute Gasteiger partial charge is 0.537 e. The minimum absolute atomic E-state index is 0. The molecule has 0 amide bonds. The van der Waals surface area contributed by atoms with Gasteiger partial charge in [0.2, 0.25) is 68.4 Å². The van der Waals surface area contributed by atoms with E-state index in [-0.39, 0.29) is 53.7 Å². The highest BCUT2D eigenvalue weighted by atomic mass is 16.7. The molecule has 1 aliphatic carbocycles. The van der Waals surface area contributed by atoms with E-state index in [9.17, 15) is 60.9 Å². The van der Waals surface area contributed by atoms with Gasteiger partial charge in [0.1, 0.15) is 0 Å². The molecular weight excluding hydrogens is 1900 g/mol. The van der Waals surface area contributed by atoms with E-state index in [0.29, 0.717) is 201 Å². The number of fused-ring (bicyclic) bond motifs is 28. The number of aromatic nitrogens is 4. The average Bonchev–Trinajstić information content (AvgIpc) is 1.46. The van der Waals surface area contributed by atoms with Crippen molar-refractivity contribution in [3.05, 3.63) is 283 Å². The van der Waals surface area contributed by atoms with Crippen molar-refractivity contribution in [1.29, 1.82) is 0 Å². The maximum Gasteiger partial charge on any atom is 0.569 e. The molecule has 0 saturated heterocycles. The van der Waals surface area contributed by atoms with Crippen LogP contribution in [0.15, 0.2) is 246 Å². The molecule has 41 nitrogen and oxygen atoms in total. The van der Waals surface area contributed by atoms with Gasteiger partial charge in [-0.1, -0.05) is 113 Å². The summed E-state index contributed by atoms with van der Waals surface area (Å²) < 4.78 is 72.3. The van der Waals surface area contributed by atoms with Crippen molar-refractivity contribution in [2.24, 2.45) is 51.8 Å². The van der Waals surface area contributed by atoms with Crippen molar-refractivity contribution >= 4 is 159 Å². The van der Waals surface area contributed by atoms with Gasteiger partial charge >= 0.3 is 41.4 Å². The molecular formula is C103H75B4N17O24+4. The number of benzene rings is 11. The van der Waals surface area contributed by atoms with E-state index in [4.69, 9.17) is 103 Å². The number of nitrogens with zero attached hydrogens (tertiary/aromatic N) is 16. The van der Waals surface area contributed by atoms with Crippen molar-refractivity contribution in [2.45, 2.75) is 95.8 Å². The van der Waals surface area contributed by atoms with Crippen LogP contribution in [0.3, 0.4) is 0 Å².